The van der Waals surface area contributed by atoms with E-state index in [4.69, 9.17) is 0 Å². The van der Waals surface area contributed by atoms with Gasteiger partial charge >= 0.3 is 0 Å². The number of rotatable bonds is 6. The standard InChI is InChI=1S/C31H23F2NOS/c32-25-14-24(15-26(33)18-25)22-8-11-30(28(17-22)21-6-7-21)34-29-12-10-27(16-23(29)9-13-31(34)35)36-19-20-4-2-1-3-5-20/h1-5,8-18,21H,6-7,19H2. The summed E-state index contributed by atoms with van der Waals surface area (Å²) in [6, 6.07) is 29.3. The number of aromatic nitrogens is 1. The molecule has 0 saturated heterocycles. The van der Waals surface area contributed by atoms with Gasteiger partial charge in [-0.05, 0) is 94.9 Å². The molecule has 4 aromatic carbocycles. The highest BCUT2D eigenvalue weighted by atomic mass is 32.2. The number of hydrogen-bond acceptors (Lipinski definition) is 2. The minimum Gasteiger partial charge on any atom is -0.277 e. The smallest absolute Gasteiger partial charge is 0.255 e. The Morgan fingerprint density at radius 3 is 2.31 bits per heavy atom. The molecule has 0 unspecified atom stereocenters. The number of thioether (sulfide) groups is 1. The molecular formula is C31H23F2NOS. The van der Waals surface area contributed by atoms with Gasteiger partial charge in [0.2, 0.25) is 0 Å². The summed E-state index contributed by atoms with van der Waals surface area (Å²) in [5.41, 5.74) is 5.11. The molecule has 5 aromatic rings. The van der Waals surface area contributed by atoms with Crippen molar-refractivity contribution in [1.29, 1.82) is 0 Å². The van der Waals surface area contributed by atoms with Gasteiger partial charge in [-0.3, -0.25) is 9.36 Å². The van der Waals surface area contributed by atoms with Gasteiger partial charge in [0.25, 0.3) is 5.56 Å². The summed E-state index contributed by atoms with van der Waals surface area (Å²) in [7, 11) is 0. The maximum atomic E-state index is 13.9. The predicted octanol–water partition coefficient (Wildman–Crippen LogP) is 8.11. The number of fused-ring (bicyclic) bond motifs is 1. The number of pyridine rings is 1. The van der Waals surface area contributed by atoms with Crippen LogP contribution in [0.1, 0.15) is 29.9 Å². The molecule has 1 heterocycles. The van der Waals surface area contributed by atoms with Crippen LogP contribution in [0, 0.1) is 11.6 Å². The number of halogens is 2. The lowest BCUT2D eigenvalue weighted by atomic mass is 9.98. The zero-order valence-electron chi connectivity index (χ0n) is 19.5. The van der Waals surface area contributed by atoms with Crippen molar-refractivity contribution in [3.8, 4) is 16.8 Å². The molecule has 0 N–H and O–H groups in total. The van der Waals surface area contributed by atoms with E-state index in [1.165, 1.54) is 17.7 Å². The summed E-state index contributed by atoms with van der Waals surface area (Å²) in [6.45, 7) is 0. The second-order valence-corrected chi connectivity index (χ2v) is 10.3. The lowest BCUT2D eigenvalue weighted by molar-refractivity contribution is 0.584. The topological polar surface area (TPSA) is 22.0 Å². The average molecular weight is 496 g/mol. The van der Waals surface area contributed by atoms with Gasteiger partial charge in [-0.15, -0.1) is 11.8 Å². The third-order valence-corrected chi connectivity index (χ3v) is 7.66. The molecule has 0 amide bonds. The summed E-state index contributed by atoms with van der Waals surface area (Å²) in [6.07, 6.45) is 2.07. The average Bonchev–Trinajstić information content (AvgIpc) is 3.73. The maximum absolute atomic E-state index is 13.9. The van der Waals surface area contributed by atoms with Crippen LogP contribution < -0.4 is 5.56 Å². The van der Waals surface area contributed by atoms with E-state index >= 15 is 0 Å². The van der Waals surface area contributed by atoms with E-state index in [0.717, 1.165) is 57.3 Å². The van der Waals surface area contributed by atoms with Gasteiger partial charge < -0.3 is 0 Å². The zero-order chi connectivity index (χ0) is 24.6. The quantitative estimate of drug-likeness (QED) is 0.222. The summed E-state index contributed by atoms with van der Waals surface area (Å²) >= 11 is 1.77. The zero-order valence-corrected chi connectivity index (χ0v) is 20.3. The van der Waals surface area contributed by atoms with Crippen LogP contribution in [0.2, 0.25) is 0 Å². The van der Waals surface area contributed by atoms with Gasteiger partial charge in [0.15, 0.2) is 0 Å². The first-order valence-electron chi connectivity index (χ1n) is 12.0. The second-order valence-electron chi connectivity index (χ2n) is 9.21. The Kier molecular flexibility index (Phi) is 5.94. The van der Waals surface area contributed by atoms with Crippen LogP contribution in [0.25, 0.3) is 27.7 Å². The fraction of sp³-hybridized carbons (Fsp3) is 0.129. The van der Waals surface area contributed by atoms with Crippen molar-refractivity contribution < 1.29 is 8.78 Å². The Morgan fingerprint density at radius 2 is 1.56 bits per heavy atom. The van der Waals surface area contributed by atoms with Crippen LogP contribution in [0.3, 0.4) is 0 Å². The van der Waals surface area contributed by atoms with Crippen LogP contribution in [0.5, 0.6) is 0 Å². The molecule has 2 nitrogen and oxygen atoms in total. The summed E-state index contributed by atoms with van der Waals surface area (Å²) < 4.78 is 29.5. The van der Waals surface area contributed by atoms with Crippen molar-refractivity contribution in [2.45, 2.75) is 29.4 Å². The van der Waals surface area contributed by atoms with E-state index in [0.29, 0.717) is 11.5 Å². The number of benzene rings is 4. The van der Waals surface area contributed by atoms with Crippen molar-refractivity contribution in [3.63, 3.8) is 0 Å². The van der Waals surface area contributed by atoms with E-state index in [2.05, 4.69) is 24.3 Å². The van der Waals surface area contributed by atoms with Gasteiger partial charge in [0, 0.05) is 22.8 Å². The maximum Gasteiger partial charge on any atom is 0.255 e. The molecule has 0 spiro atoms. The molecular weight excluding hydrogens is 472 g/mol. The Hall–Kier alpha value is -3.70. The molecule has 1 aliphatic carbocycles. The molecule has 0 atom stereocenters. The van der Waals surface area contributed by atoms with Gasteiger partial charge in [-0.2, -0.15) is 0 Å². The number of nitrogens with zero attached hydrogens (tertiary/aromatic N) is 1. The third kappa shape index (κ3) is 4.59. The molecule has 0 radical (unpaired) electrons. The SMILES string of the molecule is O=c1ccc2cc(SCc3ccccc3)ccc2n1-c1ccc(-c2cc(F)cc(F)c2)cc1C1CC1. The van der Waals surface area contributed by atoms with Gasteiger partial charge in [0.05, 0.1) is 11.2 Å². The van der Waals surface area contributed by atoms with Gasteiger partial charge in [-0.1, -0.05) is 36.4 Å². The minimum absolute atomic E-state index is 0.0985. The molecule has 0 bridgehead atoms. The van der Waals surface area contributed by atoms with Crippen LogP contribution in [0.15, 0.2) is 107 Å². The highest BCUT2D eigenvalue weighted by Crippen LogP contribution is 2.44. The molecule has 5 heteroatoms. The van der Waals surface area contributed by atoms with E-state index in [9.17, 15) is 13.6 Å². The van der Waals surface area contributed by atoms with Crippen LogP contribution >= 0.6 is 11.8 Å². The van der Waals surface area contributed by atoms with Crippen molar-refractivity contribution in [1.82, 2.24) is 4.57 Å². The van der Waals surface area contributed by atoms with E-state index in [-0.39, 0.29) is 5.56 Å². The number of hydrogen-bond donors (Lipinski definition) is 0. The first-order chi connectivity index (χ1) is 17.5. The molecule has 1 saturated carbocycles. The van der Waals surface area contributed by atoms with Crippen molar-refractivity contribution in [2.24, 2.45) is 0 Å². The first-order valence-corrected chi connectivity index (χ1v) is 13.0. The summed E-state index contributed by atoms with van der Waals surface area (Å²) in [4.78, 5) is 14.3. The molecule has 36 heavy (non-hydrogen) atoms. The second kappa shape index (κ2) is 9.40. The summed E-state index contributed by atoms with van der Waals surface area (Å²) in [5, 5.41) is 0.991. The highest BCUT2D eigenvalue weighted by Gasteiger charge is 2.28. The Balaban J connectivity index is 1.41. The molecule has 1 fully saturated rings. The minimum atomic E-state index is -0.603. The molecule has 6 rings (SSSR count). The Bertz CT molecular complexity index is 1620. The van der Waals surface area contributed by atoms with E-state index < -0.39 is 11.6 Å². The van der Waals surface area contributed by atoms with E-state index in [1.807, 2.05) is 48.5 Å². The van der Waals surface area contributed by atoms with Crippen LogP contribution in [0.4, 0.5) is 8.78 Å². The molecule has 0 aliphatic heterocycles. The van der Waals surface area contributed by atoms with Crippen molar-refractivity contribution in [3.05, 3.63) is 130 Å². The van der Waals surface area contributed by atoms with Crippen LogP contribution in [-0.4, -0.2) is 4.57 Å². The molecule has 178 valence electrons. The summed E-state index contributed by atoms with van der Waals surface area (Å²) in [5.74, 6) is 0.00248. The Morgan fingerprint density at radius 1 is 0.778 bits per heavy atom. The lowest BCUT2D eigenvalue weighted by Gasteiger charge is -2.17. The van der Waals surface area contributed by atoms with Crippen molar-refractivity contribution >= 4 is 22.7 Å². The first kappa shape index (κ1) is 22.7. The van der Waals surface area contributed by atoms with Gasteiger partial charge in [-0.25, -0.2) is 8.78 Å². The van der Waals surface area contributed by atoms with Crippen LogP contribution in [-0.2, 0) is 5.75 Å². The van der Waals surface area contributed by atoms with Gasteiger partial charge in [0.1, 0.15) is 11.6 Å². The van der Waals surface area contributed by atoms with E-state index in [1.54, 1.807) is 22.4 Å². The molecule has 1 aliphatic rings. The lowest BCUT2D eigenvalue weighted by Crippen LogP contribution is -2.18. The van der Waals surface area contributed by atoms with Crippen molar-refractivity contribution in [2.75, 3.05) is 0 Å². The Labute approximate surface area is 212 Å². The predicted molar refractivity (Wildman–Crippen MR) is 143 cm³/mol. The molecule has 1 aromatic heterocycles. The third-order valence-electron chi connectivity index (χ3n) is 6.60. The fourth-order valence-corrected chi connectivity index (χ4v) is 5.58. The fourth-order valence-electron chi connectivity index (χ4n) is 4.68. The normalized spacial score (nSPS) is 13.3. The highest BCUT2D eigenvalue weighted by molar-refractivity contribution is 7.98. The monoisotopic (exact) mass is 495 g/mol. The largest absolute Gasteiger partial charge is 0.277 e.